The Hall–Kier alpha value is -2.42. The Bertz CT molecular complexity index is 542. The van der Waals surface area contributed by atoms with Gasteiger partial charge in [-0.05, 0) is 55.4 Å². The van der Waals surface area contributed by atoms with Crippen LogP contribution in [0.1, 0.15) is 55.4 Å². The van der Waals surface area contributed by atoms with Crippen LogP contribution >= 0.6 is 0 Å². The molecule has 0 amide bonds. The van der Waals surface area contributed by atoms with Gasteiger partial charge in [-0.1, -0.05) is 0 Å². The minimum Gasteiger partial charge on any atom is -0.470 e. The zero-order valence-electron chi connectivity index (χ0n) is 19.8. The smallest absolute Gasteiger partial charge is 0.470 e. The highest BCUT2D eigenvalue weighted by Crippen LogP contribution is 2.30. The Balaban J connectivity index is 6.74. The predicted octanol–water partition coefficient (Wildman–Crippen LogP) is 5.08. The molecule has 0 aliphatic carbocycles. The lowest BCUT2D eigenvalue weighted by molar-refractivity contribution is -0.0653. The van der Waals surface area contributed by atoms with E-state index in [-0.39, 0.29) is 23.8 Å². The van der Waals surface area contributed by atoms with Crippen LogP contribution in [0.15, 0.2) is 46.1 Å². The Labute approximate surface area is 176 Å². The molecule has 0 bridgehead atoms. The highest BCUT2D eigenvalue weighted by Gasteiger charge is 2.62. The van der Waals surface area contributed by atoms with Gasteiger partial charge >= 0.3 is 9.05 Å². The van der Waals surface area contributed by atoms with E-state index >= 15 is 0 Å². The summed E-state index contributed by atoms with van der Waals surface area (Å²) in [5.41, 5.74) is 3.01. The van der Waals surface area contributed by atoms with E-state index in [0.717, 1.165) is 22.3 Å². The van der Waals surface area contributed by atoms with Gasteiger partial charge in [0, 0.05) is 22.3 Å². The molecule has 9 heteroatoms. The molecule has 0 atom stereocenters. The van der Waals surface area contributed by atoms with Gasteiger partial charge in [0.2, 0.25) is 0 Å². The molecule has 168 valence electrons. The quantitative estimate of drug-likeness (QED) is 0.312. The van der Waals surface area contributed by atoms with E-state index in [2.05, 4.69) is 0 Å². The molecule has 8 nitrogen and oxygen atoms in total. The van der Waals surface area contributed by atoms with E-state index in [1.165, 1.54) is 28.4 Å². The lowest BCUT2D eigenvalue weighted by Gasteiger charge is -2.30. The van der Waals surface area contributed by atoms with Crippen molar-refractivity contribution in [2.45, 2.75) is 55.4 Å². The molecule has 0 saturated heterocycles. The van der Waals surface area contributed by atoms with E-state index < -0.39 is 9.05 Å². The van der Waals surface area contributed by atoms with Gasteiger partial charge in [0.25, 0.3) is 23.8 Å². The molecule has 0 aromatic carbocycles. The number of ether oxygens (including phenoxy) is 4. The zero-order chi connectivity index (χ0) is 22.8. The Morgan fingerprint density at radius 1 is 0.379 bits per heavy atom. The zero-order valence-corrected chi connectivity index (χ0v) is 20.8. The van der Waals surface area contributed by atoms with Crippen molar-refractivity contribution in [3.8, 4) is 0 Å². The fourth-order valence-electron chi connectivity index (χ4n) is 1.97. The van der Waals surface area contributed by atoms with Crippen LogP contribution in [0.25, 0.3) is 0 Å². The van der Waals surface area contributed by atoms with Crippen LogP contribution in [0.4, 0.5) is 0 Å². The summed E-state index contributed by atoms with van der Waals surface area (Å²) >= 11 is 0. The first-order valence-corrected chi connectivity index (χ1v) is 10.7. The summed E-state index contributed by atoms with van der Waals surface area (Å²) in [6, 6.07) is 0. The van der Waals surface area contributed by atoms with Gasteiger partial charge < -0.3 is 36.7 Å². The van der Waals surface area contributed by atoms with Crippen molar-refractivity contribution < 1.29 is 36.7 Å². The first-order valence-electron chi connectivity index (χ1n) is 9.08. The third kappa shape index (κ3) is 8.22. The molecule has 0 heterocycles. The van der Waals surface area contributed by atoms with Gasteiger partial charge in [-0.3, -0.25) is 0 Å². The van der Waals surface area contributed by atoms with E-state index in [0.29, 0.717) is 0 Å². The van der Waals surface area contributed by atoms with Crippen molar-refractivity contribution in [1.82, 2.24) is 0 Å². The average molecular weight is 433 g/mol. The maximum absolute atomic E-state index is 6.08. The molecule has 0 aliphatic rings. The van der Waals surface area contributed by atoms with Gasteiger partial charge in [-0.25, -0.2) is 0 Å². The summed E-state index contributed by atoms with van der Waals surface area (Å²) in [5, 5.41) is 0. The van der Waals surface area contributed by atoms with Crippen LogP contribution in [0.5, 0.6) is 0 Å². The Kier molecular flexibility index (Phi) is 11.2. The Morgan fingerprint density at radius 3 is 0.655 bits per heavy atom. The second-order valence-electron chi connectivity index (χ2n) is 6.87. The molecule has 0 fully saturated rings. The molecule has 0 spiro atoms. The van der Waals surface area contributed by atoms with Crippen LogP contribution in [0.2, 0.25) is 0 Å². The van der Waals surface area contributed by atoms with Crippen LogP contribution in [-0.2, 0) is 36.7 Å². The molecule has 0 unspecified atom stereocenters. The highest BCUT2D eigenvalue weighted by atomic mass is 28.4. The first-order chi connectivity index (χ1) is 13.5. The molecule has 0 rings (SSSR count). The molecular formula is C20H36O8Si. The van der Waals surface area contributed by atoms with Crippen molar-refractivity contribution in [1.29, 1.82) is 0 Å². The highest BCUT2D eigenvalue weighted by molar-refractivity contribution is 6.54. The van der Waals surface area contributed by atoms with Gasteiger partial charge in [-0.15, -0.1) is 0 Å². The molecule has 0 radical (unpaired) electrons. The molecule has 0 N–H and O–H groups in total. The fourth-order valence-corrected chi connectivity index (χ4v) is 4.28. The molecule has 0 aromatic heterocycles. The number of hydrogen-bond donors (Lipinski definition) is 0. The van der Waals surface area contributed by atoms with Crippen LogP contribution in [-0.4, -0.2) is 37.5 Å². The molecule has 0 saturated carbocycles. The van der Waals surface area contributed by atoms with Crippen LogP contribution < -0.4 is 0 Å². The lowest BCUT2D eigenvalue weighted by Crippen LogP contribution is -2.49. The lowest BCUT2D eigenvalue weighted by atomic mass is 10.4. The predicted molar refractivity (Wildman–Crippen MR) is 112 cm³/mol. The summed E-state index contributed by atoms with van der Waals surface area (Å²) in [6.45, 7) is 14.6. The first kappa shape index (κ1) is 26.6. The summed E-state index contributed by atoms with van der Waals surface area (Å²) in [7, 11) is 1.81. The van der Waals surface area contributed by atoms with Crippen molar-refractivity contribution in [2.24, 2.45) is 0 Å². The second kappa shape index (κ2) is 12.2. The number of rotatable bonds is 12. The fraction of sp³-hybridized carbons (Fsp3) is 0.600. The SMILES string of the molecule is COC(O[Si](OC(OC)=C(C)C)(OC(OC)=C(C)C)OC(OC)=C(C)C)=C(C)C. The number of allylic oxidation sites excluding steroid dienone is 4. The minimum atomic E-state index is -4.11. The topological polar surface area (TPSA) is 73.8 Å². The van der Waals surface area contributed by atoms with Crippen molar-refractivity contribution in [3.05, 3.63) is 46.1 Å². The molecule has 0 aromatic rings. The third-order valence-corrected chi connectivity index (χ3v) is 4.99. The maximum Gasteiger partial charge on any atom is 0.975 e. The Morgan fingerprint density at radius 2 is 0.552 bits per heavy atom. The summed E-state index contributed by atoms with van der Waals surface area (Å²) in [6.07, 6.45) is 0. The summed E-state index contributed by atoms with van der Waals surface area (Å²) in [5.74, 6) is 0.757. The normalized spacial score (nSPS) is 10.1. The van der Waals surface area contributed by atoms with E-state index in [1.54, 1.807) is 0 Å². The van der Waals surface area contributed by atoms with Gasteiger partial charge in [0.1, 0.15) is 0 Å². The number of hydrogen-bond acceptors (Lipinski definition) is 8. The van der Waals surface area contributed by atoms with Crippen molar-refractivity contribution in [2.75, 3.05) is 28.4 Å². The van der Waals surface area contributed by atoms with E-state index in [9.17, 15) is 0 Å². The van der Waals surface area contributed by atoms with E-state index in [1.807, 2.05) is 55.4 Å². The van der Waals surface area contributed by atoms with Crippen molar-refractivity contribution >= 4 is 9.05 Å². The molecule has 0 aliphatic heterocycles. The van der Waals surface area contributed by atoms with Crippen LogP contribution in [0.3, 0.4) is 0 Å². The monoisotopic (exact) mass is 432 g/mol. The van der Waals surface area contributed by atoms with E-state index in [4.69, 9.17) is 36.7 Å². The van der Waals surface area contributed by atoms with Gasteiger partial charge in [-0.2, -0.15) is 0 Å². The number of methoxy groups -OCH3 is 4. The standard InChI is InChI=1S/C20H36O8Si/c1-13(2)17(21-9)25-29(26-18(22-10)14(3)4,27-19(23-11)15(5)6)28-20(24-12)16(7)8/h1-12H3. The third-order valence-electron chi connectivity index (χ3n) is 3.25. The second-order valence-corrected chi connectivity index (χ2v) is 8.69. The van der Waals surface area contributed by atoms with Gasteiger partial charge in [0.05, 0.1) is 28.4 Å². The summed E-state index contributed by atoms with van der Waals surface area (Å²) in [4.78, 5) is 0. The van der Waals surface area contributed by atoms with Crippen LogP contribution in [0, 0.1) is 0 Å². The molecule has 29 heavy (non-hydrogen) atoms. The van der Waals surface area contributed by atoms with Gasteiger partial charge in [0.15, 0.2) is 0 Å². The van der Waals surface area contributed by atoms with Crippen molar-refractivity contribution in [3.63, 3.8) is 0 Å². The summed E-state index contributed by atoms with van der Waals surface area (Å²) < 4.78 is 45.8. The molecular weight excluding hydrogens is 396 g/mol. The maximum atomic E-state index is 6.08. The largest absolute Gasteiger partial charge is 0.975 e. The average Bonchev–Trinajstić information content (AvgIpc) is 2.65. The minimum absolute atomic E-state index is 0.189.